The van der Waals surface area contributed by atoms with Gasteiger partial charge in [0.15, 0.2) is 0 Å². The minimum atomic E-state index is -4.57. The van der Waals surface area contributed by atoms with Crippen molar-refractivity contribution in [3.05, 3.63) is 28.5 Å². The van der Waals surface area contributed by atoms with E-state index in [0.29, 0.717) is 5.92 Å². The first-order chi connectivity index (χ1) is 9.77. The number of amides is 1. The van der Waals surface area contributed by atoms with Crippen molar-refractivity contribution >= 4 is 17.5 Å². The van der Waals surface area contributed by atoms with Gasteiger partial charge in [0, 0.05) is 6.04 Å². The van der Waals surface area contributed by atoms with Gasteiger partial charge in [0.2, 0.25) is 0 Å². The number of halogens is 4. The molecule has 1 aliphatic rings. The number of alkyl halides is 3. The Labute approximate surface area is 125 Å². The summed E-state index contributed by atoms with van der Waals surface area (Å²) in [5.74, 6) is 0.0607. The maximum Gasteiger partial charge on any atom is 0.433 e. The van der Waals surface area contributed by atoms with E-state index in [-0.39, 0.29) is 11.6 Å². The summed E-state index contributed by atoms with van der Waals surface area (Å²) in [6, 6.07) is 1.88. The lowest BCUT2D eigenvalue weighted by molar-refractivity contribution is -0.141. The molecule has 0 unspecified atom stereocenters. The van der Waals surface area contributed by atoms with Crippen LogP contribution in [0.15, 0.2) is 12.1 Å². The third-order valence-electron chi connectivity index (χ3n) is 3.66. The number of nitrogens with zero attached hydrogens (tertiary/aromatic N) is 1. The highest BCUT2D eigenvalue weighted by Gasteiger charge is 2.33. The first-order valence-electron chi connectivity index (χ1n) is 6.82. The summed E-state index contributed by atoms with van der Waals surface area (Å²) >= 11 is 5.70. The van der Waals surface area contributed by atoms with Gasteiger partial charge in [0.25, 0.3) is 5.91 Å². The molecule has 1 aromatic heterocycles. The quantitative estimate of drug-likeness (QED) is 0.835. The Morgan fingerprint density at radius 2 is 2.10 bits per heavy atom. The zero-order chi connectivity index (χ0) is 15.6. The third kappa shape index (κ3) is 4.09. The summed E-state index contributed by atoms with van der Waals surface area (Å²) < 4.78 is 37.5. The molecule has 1 saturated carbocycles. The molecule has 2 atom stereocenters. The van der Waals surface area contributed by atoms with Gasteiger partial charge in [-0.05, 0) is 30.9 Å². The number of carbonyl (C=O) groups excluding carboxylic acids is 1. The minimum Gasteiger partial charge on any atom is -0.349 e. The van der Waals surface area contributed by atoms with Crippen molar-refractivity contribution in [1.82, 2.24) is 10.3 Å². The molecular formula is C14H16ClF3N2O. The van der Waals surface area contributed by atoms with Crippen molar-refractivity contribution in [2.75, 3.05) is 0 Å². The van der Waals surface area contributed by atoms with Crippen LogP contribution in [-0.2, 0) is 6.18 Å². The fourth-order valence-corrected chi connectivity index (χ4v) is 2.83. The number of hydrogen-bond acceptors (Lipinski definition) is 2. The molecule has 1 N–H and O–H groups in total. The summed E-state index contributed by atoms with van der Waals surface area (Å²) in [6.07, 6.45) is -0.656. The zero-order valence-electron chi connectivity index (χ0n) is 11.5. The molecule has 0 radical (unpaired) electrons. The second-order valence-electron chi connectivity index (χ2n) is 5.47. The number of nitrogens with one attached hydrogen (secondary N) is 1. The molecule has 1 fully saturated rings. The number of carbonyl (C=O) groups is 1. The van der Waals surface area contributed by atoms with Gasteiger partial charge in [-0.1, -0.05) is 31.4 Å². The maximum atomic E-state index is 12.5. The van der Waals surface area contributed by atoms with Crippen molar-refractivity contribution in [3.63, 3.8) is 0 Å². The Morgan fingerprint density at radius 1 is 1.38 bits per heavy atom. The van der Waals surface area contributed by atoms with E-state index < -0.39 is 22.9 Å². The smallest absolute Gasteiger partial charge is 0.349 e. The molecule has 7 heteroatoms. The largest absolute Gasteiger partial charge is 0.433 e. The van der Waals surface area contributed by atoms with E-state index in [1.54, 1.807) is 0 Å². The molecule has 3 nitrogen and oxygen atoms in total. The second-order valence-corrected chi connectivity index (χ2v) is 5.83. The number of rotatable bonds is 2. The van der Waals surface area contributed by atoms with Gasteiger partial charge in [-0.25, -0.2) is 4.98 Å². The van der Waals surface area contributed by atoms with Crippen LogP contribution in [0.1, 0.15) is 48.7 Å². The van der Waals surface area contributed by atoms with Gasteiger partial charge in [-0.15, -0.1) is 0 Å². The summed E-state index contributed by atoms with van der Waals surface area (Å²) in [5, 5.41) is 2.40. The highest BCUT2D eigenvalue weighted by atomic mass is 35.5. The van der Waals surface area contributed by atoms with Crippen LogP contribution in [-0.4, -0.2) is 16.9 Å². The lowest BCUT2D eigenvalue weighted by Crippen LogP contribution is -2.38. The van der Waals surface area contributed by atoms with Crippen LogP contribution in [0.2, 0.25) is 5.15 Å². The van der Waals surface area contributed by atoms with Crippen LogP contribution < -0.4 is 5.32 Å². The average Bonchev–Trinajstić information content (AvgIpc) is 2.37. The second kappa shape index (κ2) is 6.22. The first-order valence-corrected chi connectivity index (χ1v) is 7.19. The van der Waals surface area contributed by atoms with E-state index >= 15 is 0 Å². The van der Waals surface area contributed by atoms with E-state index in [1.165, 1.54) is 0 Å². The lowest BCUT2D eigenvalue weighted by Gasteiger charge is -2.27. The van der Waals surface area contributed by atoms with Crippen LogP contribution in [0.5, 0.6) is 0 Å². The third-order valence-corrected chi connectivity index (χ3v) is 3.94. The predicted molar refractivity (Wildman–Crippen MR) is 73.1 cm³/mol. The van der Waals surface area contributed by atoms with Crippen LogP contribution >= 0.6 is 11.6 Å². The van der Waals surface area contributed by atoms with E-state index in [1.807, 2.05) is 0 Å². The van der Waals surface area contributed by atoms with E-state index in [2.05, 4.69) is 17.2 Å². The number of pyridine rings is 1. The summed E-state index contributed by atoms with van der Waals surface area (Å²) in [5.41, 5.74) is -1.13. The maximum absolute atomic E-state index is 12.5. The molecule has 0 aromatic carbocycles. The van der Waals surface area contributed by atoms with Crippen LogP contribution in [0, 0.1) is 5.92 Å². The monoisotopic (exact) mass is 320 g/mol. The molecule has 0 aliphatic heterocycles. The molecule has 21 heavy (non-hydrogen) atoms. The topological polar surface area (TPSA) is 42.0 Å². The van der Waals surface area contributed by atoms with Crippen LogP contribution in [0.25, 0.3) is 0 Å². The molecule has 0 spiro atoms. The fourth-order valence-electron chi connectivity index (χ4n) is 2.59. The van der Waals surface area contributed by atoms with Gasteiger partial charge >= 0.3 is 6.18 Å². The predicted octanol–water partition coefficient (Wildman–Crippen LogP) is 4.06. The molecule has 1 aliphatic carbocycles. The Kier molecular flexibility index (Phi) is 4.76. The van der Waals surface area contributed by atoms with Gasteiger partial charge in [0.1, 0.15) is 10.8 Å². The lowest BCUT2D eigenvalue weighted by atomic mass is 9.87. The van der Waals surface area contributed by atoms with Crippen molar-refractivity contribution in [2.45, 2.75) is 44.8 Å². The van der Waals surface area contributed by atoms with Gasteiger partial charge < -0.3 is 5.32 Å². The van der Waals surface area contributed by atoms with E-state index in [0.717, 1.165) is 37.8 Å². The average molecular weight is 321 g/mol. The molecule has 2 rings (SSSR count). The minimum absolute atomic E-state index is 0.0251. The van der Waals surface area contributed by atoms with Crippen LogP contribution in [0.3, 0.4) is 0 Å². The Morgan fingerprint density at radius 3 is 2.67 bits per heavy atom. The normalized spacial score (nSPS) is 22.9. The number of aromatic nitrogens is 1. The molecule has 0 bridgehead atoms. The molecular weight excluding hydrogens is 305 g/mol. The first kappa shape index (κ1) is 16.1. The van der Waals surface area contributed by atoms with Gasteiger partial charge in [-0.3, -0.25) is 4.79 Å². The van der Waals surface area contributed by atoms with E-state index in [4.69, 9.17) is 11.6 Å². The zero-order valence-corrected chi connectivity index (χ0v) is 12.3. The van der Waals surface area contributed by atoms with Crippen molar-refractivity contribution in [3.8, 4) is 0 Å². The van der Waals surface area contributed by atoms with Gasteiger partial charge in [0.05, 0.1) is 5.56 Å². The SMILES string of the molecule is C[C@@H]1CCC[C@@H](NC(=O)c2ccc(C(F)(F)F)nc2Cl)C1. The Hall–Kier alpha value is -1.30. The fraction of sp³-hybridized carbons (Fsp3) is 0.571. The van der Waals surface area contributed by atoms with Gasteiger partial charge in [-0.2, -0.15) is 13.2 Å². The van der Waals surface area contributed by atoms with E-state index in [9.17, 15) is 18.0 Å². The Balaban J connectivity index is 2.09. The number of hydrogen-bond donors (Lipinski definition) is 1. The molecule has 1 amide bonds. The summed E-state index contributed by atoms with van der Waals surface area (Å²) in [4.78, 5) is 15.3. The molecule has 116 valence electrons. The van der Waals surface area contributed by atoms with Crippen molar-refractivity contribution < 1.29 is 18.0 Å². The summed E-state index contributed by atoms with van der Waals surface area (Å²) in [7, 11) is 0. The Bertz CT molecular complexity index is 533. The molecule has 1 heterocycles. The van der Waals surface area contributed by atoms with Crippen molar-refractivity contribution in [2.24, 2.45) is 5.92 Å². The highest BCUT2D eigenvalue weighted by Crippen LogP contribution is 2.29. The highest BCUT2D eigenvalue weighted by molar-refractivity contribution is 6.32. The molecule has 1 aromatic rings. The van der Waals surface area contributed by atoms with Crippen molar-refractivity contribution in [1.29, 1.82) is 0 Å². The standard InChI is InChI=1S/C14H16ClF3N2O/c1-8-3-2-4-9(7-8)19-13(21)10-5-6-11(14(16,17)18)20-12(10)15/h5-6,8-9H,2-4,7H2,1H3,(H,19,21)/t8-,9-/m1/s1. The van der Waals surface area contributed by atoms with Crippen LogP contribution in [0.4, 0.5) is 13.2 Å². The molecule has 0 saturated heterocycles. The summed E-state index contributed by atoms with van der Waals surface area (Å²) in [6.45, 7) is 2.12.